The molecule has 1 aromatic carbocycles. The molecular weight excluding hydrogens is 272 g/mol. The predicted molar refractivity (Wildman–Crippen MR) is 91.9 cm³/mol. The zero-order valence-corrected chi connectivity index (χ0v) is 14.1. The summed E-state index contributed by atoms with van der Waals surface area (Å²) in [4.78, 5) is 14.6. The minimum atomic E-state index is 0.0780. The van der Waals surface area contributed by atoms with Crippen molar-refractivity contribution >= 4 is 6.03 Å². The standard InChI is InChI=1S/C19H30N2O/c1-3-11-18(16-12-7-6-8-13-16)20-19(22)21(2)17-14-9-4-5-10-15-17/h6-8,12-13,17-18H,3-5,9-11,14-15H2,1-2H3,(H,20,22). The van der Waals surface area contributed by atoms with Gasteiger partial charge in [0.05, 0.1) is 6.04 Å². The van der Waals surface area contributed by atoms with Crippen LogP contribution in [0.3, 0.4) is 0 Å². The number of benzene rings is 1. The highest BCUT2D eigenvalue weighted by Crippen LogP contribution is 2.23. The first-order valence-corrected chi connectivity index (χ1v) is 8.80. The lowest BCUT2D eigenvalue weighted by Crippen LogP contribution is -2.44. The first-order valence-electron chi connectivity index (χ1n) is 8.80. The Bertz CT molecular complexity index is 438. The Morgan fingerprint density at radius 2 is 1.82 bits per heavy atom. The highest BCUT2D eigenvalue weighted by Gasteiger charge is 2.23. The summed E-state index contributed by atoms with van der Waals surface area (Å²) in [7, 11) is 1.96. The molecule has 1 aliphatic carbocycles. The minimum Gasteiger partial charge on any atom is -0.331 e. The van der Waals surface area contributed by atoms with Crippen LogP contribution in [-0.2, 0) is 0 Å². The summed E-state index contributed by atoms with van der Waals surface area (Å²) in [6.07, 6.45) is 9.46. The fourth-order valence-corrected chi connectivity index (χ4v) is 3.36. The van der Waals surface area contributed by atoms with E-state index in [4.69, 9.17) is 0 Å². The van der Waals surface area contributed by atoms with E-state index in [1.807, 2.05) is 30.1 Å². The lowest BCUT2D eigenvalue weighted by atomic mass is 10.0. The van der Waals surface area contributed by atoms with E-state index in [0.29, 0.717) is 6.04 Å². The van der Waals surface area contributed by atoms with Gasteiger partial charge in [-0.3, -0.25) is 0 Å². The van der Waals surface area contributed by atoms with Crippen molar-refractivity contribution in [2.24, 2.45) is 0 Å². The molecule has 3 nitrogen and oxygen atoms in total. The average molecular weight is 302 g/mol. The van der Waals surface area contributed by atoms with Crippen molar-refractivity contribution in [1.82, 2.24) is 10.2 Å². The van der Waals surface area contributed by atoms with Crippen LogP contribution in [-0.4, -0.2) is 24.0 Å². The van der Waals surface area contributed by atoms with Crippen LogP contribution in [0.1, 0.15) is 69.9 Å². The molecule has 2 amide bonds. The molecule has 22 heavy (non-hydrogen) atoms. The number of nitrogens with one attached hydrogen (secondary N) is 1. The SMILES string of the molecule is CCCC(NC(=O)N(C)C1CCCCCC1)c1ccccc1. The second-order valence-electron chi connectivity index (χ2n) is 6.46. The number of hydrogen-bond donors (Lipinski definition) is 1. The average Bonchev–Trinajstić information content (AvgIpc) is 2.83. The molecule has 0 aliphatic heterocycles. The largest absolute Gasteiger partial charge is 0.331 e. The van der Waals surface area contributed by atoms with Crippen LogP contribution < -0.4 is 5.32 Å². The van der Waals surface area contributed by atoms with Gasteiger partial charge in [-0.1, -0.05) is 69.4 Å². The number of nitrogens with zero attached hydrogens (tertiary/aromatic N) is 1. The van der Waals surface area contributed by atoms with E-state index < -0.39 is 0 Å². The van der Waals surface area contributed by atoms with Gasteiger partial charge in [-0.2, -0.15) is 0 Å². The summed E-state index contributed by atoms with van der Waals surface area (Å²) in [6, 6.07) is 10.9. The van der Waals surface area contributed by atoms with Crippen LogP contribution in [0.4, 0.5) is 4.79 Å². The number of urea groups is 1. The van der Waals surface area contributed by atoms with Gasteiger partial charge in [0.15, 0.2) is 0 Å². The zero-order chi connectivity index (χ0) is 15.8. The lowest BCUT2D eigenvalue weighted by Gasteiger charge is -2.30. The fourth-order valence-electron chi connectivity index (χ4n) is 3.36. The molecule has 2 rings (SSSR count). The Kier molecular flexibility index (Phi) is 6.75. The first kappa shape index (κ1) is 16.9. The van der Waals surface area contributed by atoms with Gasteiger partial charge in [-0.05, 0) is 24.8 Å². The van der Waals surface area contributed by atoms with Crippen LogP contribution >= 0.6 is 0 Å². The molecule has 1 N–H and O–H groups in total. The molecule has 0 aromatic heterocycles. The van der Waals surface area contributed by atoms with Crippen LogP contribution in [0.2, 0.25) is 0 Å². The van der Waals surface area contributed by atoms with Gasteiger partial charge >= 0.3 is 6.03 Å². The maximum atomic E-state index is 12.6. The van der Waals surface area contributed by atoms with Gasteiger partial charge in [0, 0.05) is 13.1 Å². The van der Waals surface area contributed by atoms with Crippen molar-refractivity contribution in [1.29, 1.82) is 0 Å². The van der Waals surface area contributed by atoms with Crippen LogP contribution in [0.15, 0.2) is 30.3 Å². The molecule has 0 spiro atoms. The molecule has 1 saturated carbocycles. The quantitative estimate of drug-likeness (QED) is 0.771. The van der Waals surface area contributed by atoms with Gasteiger partial charge in [0.1, 0.15) is 0 Å². The highest BCUT2D eigenvalue weighted by atomic mass is 16.2. The molecule has 1 atom stereocenters. The summed E-state index contributed by atoms with van der Waals surface area (Å²) in [5.41, 5.74) is 1.20. The van der Waals surface area contributed by atoms with E-state index in [1.54, 1.807) is 0 Å². The predicted octanol–water partition coefficient (Wildman–Crippen LogP) is 4.89. The van der Waals surface area contributed by atoms with Crippen LogP contribution in [0.5, 0.6) is 0 Å². The molecule has 1 aliphatic rings. The maximum Gasteiger partial charge on any atom is 0.317 e. The molecule has 0 saturated heterocycles. The van der Waals surface area contributed by atoms with Gasteiger partial charge in [0.2, 0.25) is 0 Å². The van der Waals surface area contributed by atoms with Crippen molar-refractivity contribution < 1.29 is 4.79 Å². The molecular formula is C19H30N2O. The molecule has 1 unspecified atom stereocenters. The summed E-state index contributed by atoms with van der Waals surface area (Å²) < 4.78 is 0. The molecule has 3 heteroatoms. The fraction of sp³-hybridized carbons (Fsp3) is 0.632. The third kappa shape index (κ3) is 4.75. The Morgan fingerprint density at radius 1 is 1.18 bits per heavy atom. The minimum absolute atomic E-state index is 0.0780. The second kappa shape index (κ2) is 8.82. The molecule has 0 bridgehead atoms. The van der Waals surface area contributed by atoms with E-state index in [9.17, 15) is 4.79 Å². The zero-order valence-electron chi connectivity index (χ0n) is 14.1. The second-order valence-corrected chi connectivity index (χ2v) is 6.46. The summed E-state index contributed by atoms with van der Waals surface area (Å²) in [6.45, 7) is 2.16. The van der Waals surface area contributed by atoms with Crippen molar-refractivity contribution in [2.45, 2.75) is 70.4 Å². The Balaban J connectivity index is 1.97. The normalized spacial score (nSPS) is 17.5. The van der Waals surface area contributed by atoms with E-state index in [-0.39, 0.29) is 12.1 Å². The highest BCUT2D eigenvalue weighted by molar-refractivity contribution is 5.74. The molecule has 0 heterocycles. The lowest BCUT2D eigenvalue weighted by molar-refractivity contribution is 0.179. The van der Waals surface area contributed by atoms with Crippen LogP contribution in [0, 0.1) is 0 Å². The van der Waals surface area contributed by atoms with Gasteiger partial charge < -0.3 is 10.2 Å². The van der Waals surface area contributed by atoms with Crippen molar-refractivity contribution in [2.75, 3.05) is 7.05 Å². The molecule has 1 aromatic rings. The summed E-state index contributed by atoms with van der Waals surface area (Å²) in [5, 5.41) is 3.24. The Morgan fingerprint density at radius 3 is 2.41 bits per heavy atom. The van der Waals surface area contributed by atoms with E-state index in [0.717, 1.165) is 25.7 Å². The van der Waals surface area contributed by atoms with Gasteiger partial charge in [-0.25, -0.2) is 4.79 Å². The third-order valence-corrected chi connectivity index (χ3v) is 4.77. The van der Waals surface area contributed by atoms with Gasteiger partial charge in [-0.15, -0.1) is 0 Å². The maximum absolute atomic E-state index is 12.6. The topological polar surface area (TPSA) is 32.3 Å². The number of rotatable bonds is 5. The summed E-state index contributed by atoms with van der Waals surface area (Å²) in [5.74, 6) is 0. The Labute approximate surface area is 135 Å². The first-order chi connectivity index (χ1) is 10.7. The summed E-state index contributed by atoms with van der Waals surface area (Å²) >= 11 is 0. The van der Waals surface area contributed by atoms with Crippen molar-refractivity contribution in [3.05, 3.63) is 35.9 Å². The molecule has 122 valence electrons. The van der Waals surface area contributed by atoms with E-state index in [2.05, 4.69) is 24.4 Å². The smallest absolute Gasteiger partial charge is 0.317 e. The number of carbonyl (C=O) groups excluding carboxylic acids is 1. The van der Waals surface area contributed by atoms with Crippen molar-refractivity contribution in [3.63, 3.8) is 0 Å². The third-order valence-electron chi connectivity index (χ3n) is 4.77. The van der Waals surface area contributed by atoms with Crippen LogP contribution in [0.25, 0.3) is 0 Å². The molecule has 0 radical (unpaired) electrons. The van der Waals surface area contributed by atoms with Crippen molar-refractivity contribution in [3.8, 4) is 0 Å². The number of amides is 2. The van der Waals surface area contributed by atoms with E-state index in [1.165, 1.54) is 31.2 Å². The number of hydrogen-bond acceptors (Lipinski definition) is 1. The monoisotopic (exact) mass is 302 g/mol. The number of carbonyl (C=O) groups is 1. The molecule has 1 fully saturated rings. The Hall–Kier alpha value is -1.51. The van der Waals surface area contributed by atoms with Gasteiger partial charge in [0.25, 0.3) is 0 Å². The van der Waals surface area contributed by atoms with E-state index >= 15 is 0 Å².